The molecule has 0 saturated carbocycles. The van der Waals surface area contributed by atoms with Gasteiger partial charge in [0.25, 0.3) is 5.91 Å². The van der Waals surface area contributed by atoms with Gasteiger partial charge in [-0.25, -0.2) is 4.39 Å². The highest BCUT2D eigenvalue weighted by atomic mass is 79.9. The third kappa shape index (κ3) is 5.28. The molecular weight excluding hydrogens is 327 g/mol. The molecule has 0 saturated heterocycles. The molecule has 0 aromatic heterocycles. The number of nitrogens with one attached hydrogen (secondary N) is 2. The fourth-order valence-electron chi connectivity index (χ4n) is 1.54. The minimum atomic E-state index is -0.497. The number of hydrogen-bond donors (Lipinski definition) is 2. The lowest BCUT2D eigenvalue weighted by Crippen LogP contribution is -2.42. The fourth-order valence-corrected chi connectivity index (χ4v) is 1.99. The van der Waals surface area contributed by atoms with E-state index in [1.807, 2.05) is 20.8 Å². The molecule has 0 aliphatic carbocycles. The van der Waals surface area contributed by atoms with E-state index in [1.54, 1.807) is 0 Å². The van der Waals surface area contributed by atoms with E-state index in [9.17, 15) is 14.0 Å². The Morgan fingerprint density at radius 2 is 1.95 bits per heavy atom. The van der Waals surface area contributed by atoms with E-state index in [-0.39, 0.29) is 34.4 Å². The SMILES string of the molecule is CC(C)(C)NC(=O)CCNC(=O)c1cccc(F)c1Br. The second-order valence-electron chi connectivity index (χ2n) is 5.41. The predicted molar refractivity (Wildman–Crippen MR) is 78.9 cm³/mol. The number of amides is 2. The van der Waals surface area contributed by atoms with Crippen LogP contribution in [-0.4, -0.2) is 23.9 Å². The highest BCUT2D eigenvalue weighted by Crippen LogP contribution is 2.20. The summed E-state index contributed by atoms with van der Waals surface area (Å²) in [4.78, 5) is 23.4. The Kier molecular flexibility index (Phi) is 5.68. The zero-order valence-corrected chi connectivity index (χ0v) is 13.3. The third-order valence-electron chi connectivity index (χ3n) is 2.35. The van der Waals surface area contributed by atoms with E-state index in [0.29, 0.717) is 0 Å². The summed E-state index contributed by atoms with van der Waals surface area (Å²) in [7, 11) is 0. The summed E-state index contributed by atoms with van der Waals surface area (Å²) in [6, 6.07) is 4.23. The van der Waals surface area contributed by atoms with Crippen LogP contribution in [0.3, 0.4) is 0 Å². The standard InChI is InChI=1S/C14H18BrFN2O2/c1-14(2,3)18-11(19)7-8-17-13(20)9-5-4-6-10(16)12(9)15/h4-6H,7-8H2,1-3H3,(H,17,20)(H,18,19). The van der Waals surface area contributed by atoms with Crippen molar-refractivity contribution in [2.75, 3.05) is 6.54 Å². The van der Waals surface area contributed by atoms with Gasteiger partial charge in [0.05, 0.1) is 10.0 Å². The molecular formula is C14H18BrFN2O2. The Labute approximate surface area is 126 Å². The molecule has 2 N–H and O–H groups in total. The zero-order valence-electron chi connectivity index (χ0n) is 11.7. The smallest absolute Gasteiger partial charge is 0.252 e. The van der Waals surface area contributed by atoms with Crippen molar-refractivity contribution < 1.29 is 14.0 Å². The van der Waals surface area contributed by atoms with E-state index in [0.717, 1.165) is 0 Å². The Bertz CT molecular complexity index is 512. The Hall–Kier alpha value is -1.43. The molecule has 0 spiro atoms. The zero-order chi connectivity index (χ0) is 15.3. The molecule has 0 fully saturated rings. The second-order valence-corrected chi connectivity index (χ2v) is 6.20. The van der Waals surface area contributed by atoms with Crippen LogP contribution in [0.2, 0.25) is 0 Å². The molecule has 0 aliphatic heterocycles. The Balaban J connectivity index is 2.48. The fraction of sp³-hybridized carbons (Fsp3) is 0.429. The summed E-state index contributed by atoms with van der Waals surface area (Å²) in [6.07, 6.45) is 0.177. The molecule has 1 aromatic rings. The van der Waals surface area contributed by atoms with Crippen LogP contribution in [-0.2, 0) is 4.79 Å². The van der Waals surface area contributed by atoms with Gasteiger partial charge in [0.1, 0.15) is 5.82 Å². The van der Waals surface area contributed by atoms with Gasteiger partial charge in [-0.15, -0.1) is 0 Å². The molecule has 6 heteroatoms. The molecule has 0 atom stereocenters. The monoisotopic (exact) mass is 344 g/mol. The van der Waals surface area contributed by atoms with Gasteiger partial charge in [0, 0.05) is 18.5 Å². The average Bonchev–Trinajstić information content (AvgIpc) is 2.30. The maximum absolute atomic E-state index is 13.3. The number of hydrogen-bond acceptors (Lipinski definition) is 2. The molecule has 1 aromatic carbocycles. The minimum absolute atomic E-state index is 0.122. The highest BCUT2D eigenvalue weighted by molar-refractivity contribution is 9.10. The van der Waals surface area contributed by atoms with Crippen molar-refractivity contribution >= 4 is 27.7 Å². The summed E-state index contributed by atoms with van der Waals surface area (Å²) in [6.45, 7) is 5.84. The van der Waals surface area contributed by atoms with Crippen molar-refractivity contribution in [2.45, 2.75) is 32.7 Å². The number of rotatable bonds is 4. The van der Waals surface area contributed by atoms with Gasteiger partial charge in [0.15, 0.2) is 0 Å². The van der Waals surface area contributed by atoms with E-state index >= 15 is 0 Å². The van der Waals surface area contributed by atoms with Crippen molar-refractivity contribution in [3.8, 4) is 0 Å². The Morgan fingerprint density at radius 1 is 1.30 bits per heavy atom. The Morgan fingerprint density at radius 3 is 2.55 bits per heavy atom. The first-order valence-electron chi connectivity index (χ1n) is 6.24. The van der Waals surface area contributed by atoms with Crippen molar-refractivity contribution in [3.63, 3.8) is 0 Å². The average molecular weight is 345 g/mol. The van der Waals surface area contributed by atoms with Crippen LogP contribution in [0.25, 0.3) is 0 Å². The first-order chi connectivity index (χ1) is 9.20. The normalized spacial score (nSPS) is 11.1. The molecule has 0 heterocycles. The summed E-state index contributed by atoms with van der Waals surface area (Å²) < 4.78 is 13.4. The van der Waals surface area contributed by atoms with Gasteiger partial charge in [-0.3, -0.25) is 9.59 Å². The molecule has 4 nitrogen and oxygen atoms in total. The van der Waals surface area contributed by atoms with Crippen molar-refractivity contribution in [1.82, 2.24) is 10.6 Å². The van der Waals surface area contributed by atoms with Gasteiger partial charge < -0.3 is 10.6 Å². The van der Waals surface area contributed by atoms with Gasteiger partial charge in [-0.2, -0.15) is 0 Å². The maximum atomic E-state index is 13.3. The lowest BCUT2D eigenvalue weighted by Gasteiger charge is -2.20. The first-order valence-corrected chi connectivity index (χ1v) is 7.03. The second kappa shape index (κ2) is 6.83. The lowest BCUT2D eigenvalue weighted by atomic mass is 10.1. The molecule has 2 amide bonds. The topological polar surface area (TPSA) is 58.2 Å². The van der Waals surface area contributed by atoms with Gasteiger partial charge in [-0.05, 0) is 48.8 Å². The number of benzene rings is 1. The largest absolute Gasteiger partial charge is 0.351 e. The third-order valence-corrected chi connectivity index (χ3v) is 3.15. The van der Waals surface area contributed by atoms with E-state index in [2.05, 4.69) is 26.6 Å². The molecule has 0 bridgehead atoms. The van der Waals surface area contributed by atoms with Crippen molar-refractivity contribution in [2.24, 2.45) is 0 Å². The van der Waals surface area contributed by atoms with E-state index < -0.39 is 11.7 Å². The summed E-state index contributed by atoms with van der Waals surface area (Å²) >= 11 is 3.03. The molecule has 0 radical (unpaired) electrons. The van der Waals surface area contributed by atoms with Gasteiger partial charge >= 0.3 is 0 Å². The van der Waals surface area contributed by atoms with Crippen molar-refractivity contribution in [1.29, 1.82) is 0 Å². The highest BCUT2D eigenvalue weighted by Gasteiger charge is 2.15. The van der Waals surface area contributed by atoms with Crippen molar-refractivity contribution in [3.05, 3.63) is 34.1 Å². The van der Waals surface area contributed by atoms with Gasteiger partial charge in [0.2, 0.25) is 5.91 Å². The molecule has 20 heavy (non-hydrogen) atoms. The van der Waals surface area contributed by atoms with Crippen LogP contribution >= 0.6 is 15.9 Å². The van der Waals surface area contributed by atoms with Crippen LogP contribution in [0.15, 0.2) is 22.7 Å². The minimum Gasteiger partial charge on any atom is -0.351 e. The van der Waals surface area contributed by atoms with E-state index in [1.165, 1.54) is 18.2 Å². The summed E-state index contributed by atoms with van der Waals surface area (Å²) in [5.74, 6) is -1.06. The quantitative estimate of drug-likeness (QED) is 0.881. The van der Waals surface area contributed by atoms with Crippen LogP contribution in [0.1, 0.15) is 37.6 Å². The summed E-state index contributed by atoms with van der Waals surface area (Å²) in [5.41, 5.74) is -0.0895. The summed E-state index contributed by atoms with van der Waals surface area (Å²) in [5, 5.41) is 5.38. The molecule has 0 unspecified atom stereocenters. The number of carbonyl (C=O) groups is 2. The van der Waals surface area contributed by atoms with Gasteiger partial charge in [-0.1, -0.05) is 6.07 Å². The first kappa shape index (κ1) is 16.6. The molecule has 110 valence electrons. The maximum Gasteiger partial charge on any atom is 0.252 e. The molecule has 1 rings (SSSR count). The van der Waals surface area contributed by atoms with Crippen LogP contribution < -0.4 is 10.6 Å². The van der Waals surface area contributed by atoms with E-state index in [4.69, 9.17) is 0 Å². The number of halogens is 2. The lowest BCUT2D eigenvalue weighted by molar-refractivity contribution is -0.122. The predicted octanol–water partition coefficient (Wildman–Crippen LogP) is 2.62. The van der Waals surface area contributed by atoms with Crippen LogP contribution in [0.5, 0.6) is 0 Å². The van der Waals surface area contributed by atoms with Crippen LogP contribution in [0.4, 0.5) is 4.39 Å². The number of carbonyl (C=O) groups excluding carboxylic acids is 2. The van der Waals surface area contributed by atoms with Crippen LogP contribution in [0, 0.1) is 5.82 Å². The molecule has 0 aliphatic rings.